The quantitative estimate of drug-likeness (QED) is 0.676. The lowest BCUT2D eigenvalue weighted by atomic mass is 10.5. The van der Waals surface area contributed by atoms with Crippen molar-refractivity contribution >= 4 is 15.8 Å². The Morgan fingerprint density at radius 3 is 2.53 bits per heavy atom. The van der Waals surface area contributed by atoms with Crippen LogP contribution in [-0.2, 0) is 14.6 Å². The van der Waals surface area contributed by atoms with Gasteiger partial charge in [0, 0.05) is 6.26 Å². The van der Waals surface area contributed by atoms with Gasteiger partial charge in [-0.1, -0.05) is 0 Å². The Bertz CT molecular complexity index is 463. The molecule has 0 aliphatic rings. The maximum absolute atomic E-state index is 11.1. The first-order chi connectivity index (χ1) is 6.86. The van der Waals surface area contributed by atoms with Gasteiger partial charge >= 0.3 is 11.9 Å². The number of hydrogen-bond donors (Lipinski definition) is 0. The molecule has 0 aromatic carbocycles. The van der Waals surface area contributed by atoms with Crippen LogP contribution in [0.25, 0.3) is 0 Å². The SMILES string of the molecule is COC(=O)c1nnc(C(C)S(C)(=O)=O)o1. The summed E-state index contributed by atoms with van der Waals surface area (Å²) in [6.45, 7) is 1.39. The first-order valence-electron chi connectivity index (χ1n) is 3.97. The van der Waals surface area contributed by atoms with Crippen molar-refractivity contribution in [3.63, 3.8) is 0 Å². The second kappa shape index (κ2) is 3.97. The molecule has 1 aromatic rings. The monoisotopic (exact) mass is 234 g/mol. The molecule has 0 fully saturated rings. The number of carbonyl (C=O) groups is 1. The van der Waals surface area contributed by atoms with Gasteiger partial charge in [0.1, 0.15) is 5.25 Å². The minimum absolute atomic E-state index is 0.127. The molecule has 84 valence electrons. The average molecular weight is 234 g/mol. The molecule has 1 aromatic heterocycles. The Morgan fingerprint density at radius 1 is 1.47 bits per heavy atom. The van der Waals surface area contributed by atoms with Crippen LogP contribution in [0.5, 0.6) is 0 Å². The van der Waals surface area contributed by atoms with Gasteiger partial charge in [0.2, 0.25) is 5.89 Å². The van der Waals surface area contributed by atoms with E-state index in [0.717, 1.165) is 13.4 Å². The molecular weight excluding hydrogens is 224 g/mol. The number of nitrogens with zero attached hydrogens (tertiary/aromatic N) is 2. The van der Waals surface area contributed by atoms with Crippen molar-refractivity contribution in [2.75, 3.05) is 13.4 Å². The normalized spacial score (nSPS) is 13.5. The summed E-state index contributed by atoms with van der Waals surface area (Å²) >= 11 is 0. The molecule has 1 heterocycles. The zero-order chi connectivity index (χ0) is 11.6. The van der Waals surface area contributed by atoms with Gasteiger partial charge in [0.05, 0.1) is 7.11 Å². The molecule has 0 aliphatic carbocycles. The smallest absolute Gasteiger partial charge is 0.396 e. The molecule has 0 aliphatic heterocycles. The molecule has 0 bridgehead atoms. The number of ether oxygens (including phenoxy) is 1. The van der Waals surface area contributed by atoms with Crippen LogP contribution in [0, 0.1) is 0 Å². The van der Waals surface area contributed by atoms with E-state index in [9.17, 15) is 13.2 Å². The van der Waals surface area contributed by atoms with Gasteiger partial charge in [-0.15, -0.1) is 10.2 Å². The van der Waals surface area contributed by atoms with Crippen molar-refractivity contribution in [2.45, 2.75) is 12.2 Å². The first-order valence-corrected chi connectivity index (χ1v) is 5.92. The molecule has 0 amide bonds. The van der Waals surface area contributed by atoms with Crippen molar-refractivity contribution in [2.24, 2.45) is 0 Å². The zero-order valence-electron chi connectivity index (χ0n) is 8.42. The Labute approximate surface area is 86.4 Å². The highest BCUT2D eigenvalue weighted by molar-refractivity contribution is 7.90. The fraction of sp³-hybridized carbons (Fsp3) is 0.571. The first kappa shape index (κ1) is 11.6. The van der Waals surface area contributed by atoms with Crippen molar-refractivity contribution in [3.8, 4) is 0 Å². The summed E-state index contributed by atoms with van der Waals surface area (Å²) in [6, 6.07) is 0. The van der Waals surface area contributed by atoms with Crippen molar-refractivity contribution in [1.82, 2.24) is 10.2 Å². The molecule has 0 saturated heterocycles. The van der Waals surface area contributed by atoms with E-state index in [1.165, 1.54) is 6.92 Å². The standard InChI is InChI=1S/C7H10N2O5S/c1-4(15(3,11)12)5-8-9-6(14-5)7(10)13-2/h4H,1-3H3. The van der Waals surface area contributed by atoms with Crippen LogP contribution in [-0.4, -0.2) is 38.0 Å². The van der Waals surface area contributed by atoms with Crippen LogP contribution in [0.15, 0.2) is 4.42 Å². The van der Waals surface area contributed by atoms with E-state index in [0.29, 0.717) is 0 Å². The van der Waals surface area contributed by atoms with Crippen LogP contribution in [0.3, 0.4) is 0 Å². The molecule has 15 heavy (non-hydrogen) atoms. The van der Waals surface area contributed by atoms with Gasteiger partial charge in [0.25, 0.3) is 0 Å². The minimum Gasteiger partial charge on any atom is -0.462 e. The number of sulfone groups is 1. The summed E-state index contributed by atoms with van der Waals surface area (Å²) in [7, 11) is -2.16. The van der Waals surface area contributed by atoms with E-state index < -0.39 is 21.1 Å². The van der Waals surface area contributed by atoms with Gasteiger partial charge in [-0.2, -0.15) is 0 Å². The van der Waals surface area contributed by atoms with E-state index >= 15 is 0 Å². The fourth-order valence-corrected chi connectivity index (χ4v) is 1.21. The lowest BCUT2D eigenvalue weighted by molar-refractivity contribution is 0.0554. The molecule has 0 N–H and O–H groups in total. The highest BCUT2D eigenvalue weighted by Crippen LogP contribution is 2.19. The third-order valence-electron chi connectivity index (χ3n) is 1.79. The number of methoxy groups -OCH3 is 1. The van der Waals surface area contributed by atoms with Gasteiger partial charge in [0.15, 0.2) is 9.84 Å². The maximum Gasteiger partial charge on any atom is 0.396 e. The number of esters is 1. The van der Waals surface area contributed by atoms with Crippen LogP contribution >= 0.6 is 0 Å². The van der Waals surface area contributed by atoms with E-state index in [2.05, 4.69) is 14.9 Å². The summed E-state index contributed by atoms with van der Waals surface area (Å²) in [5, 5.41) is 5.88. The number of rotatable bonds is 3. The minimum atomic E-state index is -3.32. The van der Waals surface area contributed by atoms with E-state index in [4.69, 9.17) is 4.42 Å². The molecule has 1 atom stereocenters. The summed E-state index contributed by atoms with van der Waals surface area (Å²) in [6.07, 6.45) is 1.04. The average Bonchev–Trinajstić information content (AvgIpc) is 2.62. The molecule has 8 heteroatoms. The molecule has 0 radical (unpaired) electrons. The summed E-state index contributed by atoms with van der Waals surface area (Å²) in [5.74, 6) is -1.28. The topological polar surface area (TPSA) is 99.4 Å². The largest absolute Gasteiger partial charge is 0.462 e. The molecule has 1 unspecified atom stereocenters. The molecule has 7 nitrogen and oxygen atoms in total. The predicted octanol–water partition coefficient (Wildman–Crippen LogP) is -0.0382. The van der Waals surface area contributed by atoms with Crippen LogP contribution < -0.4 is 0 Å². The molecule has 0 spiro atoms. The third kappa shape index (κ3) is 2.52. The van der Waals surface area contributed by atoms with Gasteiger partial charge < -0.3 is 9.15 Å². The van der Waals surface area contributed by atoms with E-state index in [1.807, 2.05) is 0 Å². The molecule has 1 rings (SSSR count). The lowest BCUT2D eigenvalue weighted by Crippen LogP contribution is -2.07. The summed E-state index contributed by atoms with van der Waals surface area (Å²) in [5.41, 5.74) is 0. The van der Waals surface area contributed by atoms with E-state index in [1.54, 1.807) is 0 Å². The fourth-order valence-electron chi connectivity index (χ4n) is 0.752. The second-order valence-corrected chi connectivity index (χ2v) is 5.27. The van der Waals surface area contributed by atoms with E-state index in [-0.39, 0.29) is 11.8 Å². The number of hydrogen-bond acceptors (Lipinski definition) is 7. The van der Waals surface area contributed by atoms with Crippen molar-refractivity contribution in [3.05, 3.63) is 11.8 Å². The van der Waals surface area contributed by atoms with Gasteiger partial charge in [-0.3, -0.25) is 0 Å². The highest BCUT2D eigenvalue weighted by Gasteiger charge is 2.25. The Balaban J connectivity index is 3.00. The van der Waals surface area contributed by atoms with Crippen molar-refractivity contribution in [1.29, 1.82) is 0 Å². The van der Waals surface area contributed by atoms with Crippen LogP contribution in [0.4, 0.5) is 0 Å². The Hall–Kier alpha value is -1.44. The molecular formula is C7H10N2O5S. The predicted molar refractivity (Wildman–Crippen MR) is 48.9 cm³/mol. The molecule has 0 saturated carbocycles. The van der Waals surface area contributed by atoms with Crippen LogP contribution in [0.2, 0.25) is 0 Å². The third-order valence-corrected chi connectivity index (χ3v) is 3.28. The van der Waals surface area contributed by atoms with Gasteiger partial charge in [-0.25, -0.2) is 13.2 Å². The Morgan fingerprint density at radius 2 is 2.07 bits per heavy atom. The number of carbonyl (C=O) groups excluding carboxylic acids is 1. The van der Waals surface area contributed by atoms with Crippen molar-refractivity contribution < 1.29 is 22.4 Å². The maximum atomic E-state index is 11.1. The zero-order valence-corrected chi connectivity index (χ0v) is 9.24. The van der Waals surface area contributed by atoms with Gasteiger partial charge in [-0.05, 0) is 6.92 Å². The summed E-state index contributed by atoms with van der Waals surface area (Å²) in [4.78, 5) is 10.9. The lowest BCUT2D eigenvalue weighted by Gasteiger charge is -2.01. The second-order valence-electron chi connectivity index (χ2n) is 2.91. The highest BCUT2D eigenvalue weighted by atomic mass is 32.2. The summed E-state index contributed by atoms with van der Waals surface area (Å²) < 4.78 is 31.5. The van der Waals surface area contributed by atoms with Crippen LogP contribution in [0.1, 0.15) is 28.7 Å². The number of aromatic nitrogens is 2. The Kier molecular flexibility index (Phi) is 3.08.